The van der Waals surface area contributed by atoms with E-state index in [9.17, 15) is 13.2 Å². The molecule has 0 aliphatic carbocycles. The average molecular weight is 406 g/mol. The Morgan fingerprint density at radius 2 is 1.85 bits per heavy atom. The van der Waals surface area contributed by atoms with E-state index in [2.05, 4.69) is 4.72 Å². The Labute approximate surface area is 158 Å². The van der Waals surface area contributed by atoms with Crippen molar-refractivity contribution in [1.82, 2.24) is 14.5 Å². The zero-order valence-electron chi connectivity index (χ0n) is 14.7. The van der Waals surface area contributed by atoms with Gasteiger partial charge in [0.15, 0.2) is 0 Å². The van der Waals surface area contributed by atoms with Crippen LogP contribution >= 0.6 is 11.6 Å². The minimum absolute atomic E-state index is 0.0933. The molecule has 1 aliphatic rings. The SMILES string of the molecule is CC(C)[C@@H](NS(=O)(=O)N1CCC(Oc2ccc(Cl)cc2)CC1)C(=O)NO. The Morgan fingerprint density at radius 1 is 1.27 bits per heavy atom. The van der Waals surface area contributed by atoms with Gasteiger partial charge in [-0.3, -0.25) is 10.0 Å². The molecule has 3 N–H and O–H groups in total. The number of amides is 1. The number of hydroxylamine groups is 1. The third-order valence-electron chi connectivity index (χ3n) is 4.19. The second-order valence-corrected chi connectivity index (χ2v) is 8.63. The molecule has 10 heteroatoms. The average Bonchev–Trinajstić information content (AvgIpc) is 2.61. The minimum atomic E-state index is -3.85. The first-order valence-corrected chi connectivity index (χ1v) is 10.2. The molecule has 0 saturated carbocycles. The van der Waals surface area contributed by atoms with E-state index in [1.807, 2.05) is 0 Å². The number of halogens is 1. The summed E-state index contributed by atoms with van der Waals surface area (Å²) in [5.74, 6) is -0.416. The zero-order chi connectivity index (χ0) is 19.3. The highest BCUT2D eigenvalue weighted by atomic mass is 35.5. The summed E-state index contributed by atoms with van der Waals surface area (Å²) >= 11 is 5.84. The first-order valence-electron chi connectivity index (χ1n) is 8.36. The predicted octanol–water partition coefficient (Wildman–Crippen LogP) is 1.55. The zero-order valence-corrected chi connectivity index (χ0v) is 16.3. The van der Waals surface area contributed by atoms with Crippen molar-refractivity contribution in [1.29, 1.82) is 0 Å². The van der Waals surface area contributed by atoms with Gasteiger partial charge in [0.2, 0.25) is 0 Å². The third-order valence-corrected chi connectivity index (χ3v) is 6.04. The van der Waals surface area contributed by atoms with Crippen LogP contribution in [-0.2, 0) is 15.0 Å². The molecule has 1 saturated heterocycles. The summed E-state index contributed by atoms with van der Waals surface area (Å²) in [6.45, 7) is 3.93. The largest absolute Gasteiger partial charge is 0.490 e. The van der Waals surface area contributed by atoms with Gasteiger partial charge in [-0.2, -0.15) is 17.4 Å². The number of nitrogens with one attached hydrogen (secondary N) is 2. The van der Waals surface area contributed by atoms with Crippen molar-refractivity contribution in [2.75, 3.05) is 13.1 Å². The van der Waals surface area contributed by atoms with Gasteiger partial charge in [0, 0.05) is 18.1 Å². The van der Waals surface area contributed by atoms with E-state index in [1.54, 1.807) is 38.1 Å². The number of benzene rings is 1. The number of piperidine rings is 1. The lowest BCUT2D eigenvalue weighted by molar-refractivity contribution is -0.131. The lowest BCUT2D eigenvalue weighted by Crippen LogP contribution is -2.55. The summed E-state index contributed by atoms with van der Waals surface area (Å²) in [6.07, 6.45) is 0.966. The molecule has 26 heavy (non-hydrogen) atoms. The highest BCUT2D eigenvalue weighted by Crippen LogP contribution is 2.22. The van der Waals surface area contributed by atoms with Crippen LogP contribution in [-0.4, -0.2) is 49.1 Å². The standard InChI is InChI=1S/C16H24ClN3O5S/c1-11(2)15(16(21)18-22)19-26(23,24)20-9-7-14(8-10-20)25-13-5-3-12(17)4-6-13/h3-6,11,14-15,19,22H,7-10H2,1-2H3,(H,18,21)/t15-/m1/s1. The molecular formula is C16H24ClN3O5S. The van der Waals surface area contributed by atoms with Crippen LogP contribution < -0.4 is 14.9 Å². The van der Waals surface area contributed by atoms with E-state index < -0.39 is 22.2 Å². The molecule has 1 atom stereocenters. The Balaban J connectivity index is 1.92. The number of ether oxygens (including phenoxy) is 1. The molecule has 8 nitrogen and oxygen atoms in total. The van der Waals surface area contributed by atoms with E-state index in [-0.39, 0.29) is 25.1 Å². The Bertz CT molecular complexity index is 703. The monoisotopic (exact) mass is 405 g/mol. The number of carbonyl (C=O) groups excluding carboxylic acids is 1. The molecule has 1 amide bonds. The third kappa shape index (κ3) is 5.55. The molecule has 1 fully saturated rings. The molecule has 1 aliphatic heterocycles. The van der Waals surface area contributed by atoms with Crippen LogP contribution in [0.15, 0.2) is 24.3 Å². The minimum Gasteiger partial charge on any atom is -0.490 e. The lowest BCUT2D eigenvalue weighted by atomic mass is 10.1. The molecular weight excluding hydrogens is 382 g/mol. The molecule has 146 valence electrons. The molecule has 0 unspecified atom stereocenters. The summed E-state index contributed by atoms with van der Waals surface area (Å²) in [7, 11) is -3.85. The second kappa shape index (κ2) is 9.01. The topological polar surface area (TPSA) is 108 Å². The van der Waals surface area contributed by atoms with Crippen LogP contribution in [0, 0.1) is 5.92 Å². The van der Waals surface area contributed by atoms with E-state index in [0.29, 0.717) is 23.6 Å². The predicted molar refractivity (Wildman–Crippen MR) is 97.3 cm³/mol. The number of carbonyl (C=O) groups is 1. The molecule has 0 bridgehead atoms. The Morgan fingerprint density at radius 3 is 2.35 bits per heavy atom. The van der Waals surface area contributed by atoms with Crippen molar-refractivity contribution >= 4 is 27.7 Å². The number of nitrogens with zero attached hydrogens (tertiary/aromatic N) is 1. The van der Waals surface area contributed by atoms with Gasteiger partial charge < -0.3 is 4.74 Å². The van der Waals surface area contributed by atoms with Gasteiger partial charge in [-0.05, 0) is 43.0 Å². The van der Waals surface area contributed by atoms with Gasteiger partial charge in [-0.25, -0.2) is 5.48 Å². The maximum Gasteiger partial charge on any atom is 0.280 e. The van der Waals surface area contributed by atoms with Gasteiger partial charge in [-0.1, -0.05) is 25.4 Å². The summed E-state index contributed by atoms with van der Waals surface area (Å²) < 4.78 is 34.5. The van der Waals surface area contributed by atoms with Gasteiger partial charge in [0.1, 0.15) is 17.9 Å². The van der Waals surface area contributed by atoms with E-state index in [0.717, 1.165) is 0 Å². The molecule has 1 heterocycles. The molecule has 1 aromatic carbocycles. The number of rotatable bonds is 7. The maximum absolute atomic E-state index is 12.5. The van der Waals surface area contributed by atoms with E-state index in [1.165, 1.54) is 9.79 Å². The normalized spacial score (nSPS) is 17.9. The van der Waals surface area contributed by atoms with Crippen molar-refractivity contribution in [2.45, 2.75) is 38.8 Å². The van der Waals surface area contributed by atoms with Crippen LogP contribution in [0.1, 0.15) is 26.7 Å². The van der Waals surface area contributed by atoms with Crippen LogP contribution in [0.25, 0.3) is 0 Å². The van der Waals surface area contributed by atoms with Crippen LogP contribution in [0.4, 0.5) is 0 Å². The second-order valence-electron chi connectivity index (χ2n) is 6.49. The summed E-state index contributed by atoms with van der Waals surface area (Å²) in [6, 6.07) is 5.96. The van der Waals surface area contributed by atoms with E-state index >= 15 is 0 Å². The molecule has 0 spiro atoms. The van der Waals surface area contributed by atoms with Gasteiger partial charge in [0.25, 0.3) is 16.1 Å². The Hall–Kier alpha value is -1.39. The fraction of sp³-hybridized carbons (Fsp3) is 0.562. The summed E-state index contributed by atoms with van der Waals surface area (Å²) in [5, 5.41) is 9.40. The van der Waals surface area contributed by atoms with Crippen molar-refractivity contribution < 1.29 is 23.2 Å². The fourth-order valence-electron chi connectivity index (χ4n) is 2.69. The summed E-state index contributed by atoms with van der Waals surface area (Å²) in [5.41, 5.74) is 1.50. The molecule has 0 aromatic heterocycles. The molecule has 2 rings (SSSR count). The number of hydrogen-bond donors (Lipinski definition) is 3. The highest BCUT2D eigenvalue weighted by molar-refractivity contribution is 7.87. The Kier molecular flexibility index (Phi) is 7.24. The van der Waals surface area contributed by atoms with Crippen molar-refractivity contribution in [3.05, 3.63) is 29.3 Å². The van der Waals surface area contributed by atoms with Crippen molar-refractivity contribution in [3.63, 3.8) is 0 Å². The van der Waals surface area contributed by atoms with Gasteiger partial charge >= 0.3 is 0 Å². The first-order chi connectivity index (χ1) is 12.2. The van der Waals surface area contributed by atoms with Gasteiger partial charge in [-0.15, -0.1) is 0 Å². The lowest BCUT2D eigenvalue weighted by Gasteiger charge is -2.32. The quantitative estimate of drug-likeness (QED) is 0.471. The smallest absolute Gasteiger partial charge is 0.280 e. The van der Waals surface area contributed by atoms with E-state index in [4.69, 9.17) is 21.5 Å². The molecule has 0 radical (unpaired) electrons. The first kappa shape index (κ1) is 20.9. The van der Waals surface area contributed by atoms with Crippen molar-refractivity contribution in [3.8, 4) is 5.75 Å². The highest BCUT2D eigenvalue weighted by Gasteiger charge is 2.33. The maximum atomic E-state index is 12.5. The van der Waals surface area contributed by atoms with Crippen LogP contribution in [0.3, 0.4) is 0 Å². The van der Waals surface area contributed by atoms with Gasteiger partial charge in [0.05, 0.1) is 0 Å². The number of hydrogen-bond acceptors (Lipinski definition) is 5. The van der Waals surface area contributed by atoms with Crippen LogP contribution in [0.2, 0.25) is 5.02 Å². The molecule has 1 aromatic rings. The van der Waals surface area contributed by atoms with Crippen molar-refractivity contribution in [2.24, 2.45) is 5.92 Å². The van der Waals surface area contributed by atoms with Crippen LogP contribution in [0.5, 0.6) is 5.75 Å². The summed E-state index contributed by atoms with van der Waals surface area (Å²) in [4.78, 5) is 11.7. The fourth-order valence-corrected chi connectivity index (χ4v) is 4.36.